The van der Waals surface area contributed by atoms with Crippen molar-refractivity contribution in [2.75, 3.05) is 13.2 Å². The number of hydrogen-bond acceptors (Lipinski definition) is 3. The summed E-state index contributed by atoms with van der Waals surface area (Å²) in [5.41, 5.74) is 1.23. The Balaban J connectivity index is 2.26. The Hall–Kier alpha value is -2.29. The predicted octanol–water partition coefficient (Wildman–Crippen LogP) is 3.72. The maximum Gasteiger partial charge on any atom is 0.193 e. The number of benzene rings is 2. The molecule has 0 bridgehead atoms. The maximum absolute atomic E-state index is 12.4. The van der Waals surface area contributed by atoms with Crippen LogP contribution in [0.4, 0.5) is 0 Å². The van der Waals surface area contributed by atoms with Gasteiger partial charge in [0.1, 0.15) is 11.5 Å². The summed E-state index contributed by atoms with van der Waals surface area (Å²) in [7, 11) is 0. The first-order chi connectivity index (χ1) is 9.74. The molecule has 2 aromatic rings. The number of hydrogen-bond donors (Lipinski definition) is 0. The summed E-state index contributed by atoms with van der Waals surface area (Å²) in [5, 5.41) is 0. The largest absolute Gasteiger partial charge is 0.494 e. The van der Waals surface area contributed by atoms with Crippen molar-refractivity contribution in [3.63, 3.8) is 0 Å². The van der Waals surface area contributed by atoms with Crippen LogP contribution in [-0.4, -0.2) is 19.0 Å². The van der Waals surface area contributed by atoms with Gasteiger partial charge in [-0.2, -0.15) is 0 Å². The third kappa shape index (κ3) is 3.38. The van der Waals surface area contributed by atoms with Crippen LogP contribution >= 0.6 is 0 Å². The number of ether oxygens (including phenoxy) is 2. The van der Waals surface area contributed by atoms with Crippen LogP contribution in [0, 0.1) is 0 Å². The van der Waals surface area contributed by atoms with Crippen LogP contribution in [0.15, 0.2) is 48.5 Å². The molecule has 0 radical (unpaired) electrons. The monoisotopic (exact) mass is 270 g/mol. The van der Waals surface area contributed by atoms with Crippen molar-refractivity contribution >= 4 is 5.78 Å². The lowest BCUT2D eigenvalue weighted by Crippen LogP contribution is -2.03. The molecule has 0 aliphatic heterocycles. The van der Waals surface area contributed by atoms with E-state index in [9.17, 15) is 4.79 Å². The average Bonchev–Trinajstić information content (AvgIpc) is 2.48. The van der Waals surface area contributed by atoms with Crippen LogP contribution in [0.1, 0.15) is 29.8 Å². The van der Waals surface area contributed by atoms with Gasteiger partial charge < -0.3 is 9.47 Å². The Morgan fingerprint density at radius 3 is 1.70 bits per heavy atom. The summed E-state index contributed by atoms with van der Waals surface area (Å²) in [6.07, 6.45) is 0. The zero-order chi connectivity index (χ0) is 14.4. The second-order valence-electron chi connectivity index (χ2n) is 4.25. The summed E-state index contributed by atoms with van der Waals surface area (Å²) >= 11 is 0. The Bertz CT molecular complexity index is 539. The van der Waals surface area contributed by atoms with Gasteiger partial charge in [-0.3, -0.25) is 4.79 Å². The van der Waals surface area contributed by atoms with Crippen molar-refractivity contribution in [2.45, 2.75) is 13.8 Å². The van der Waals surface area contributed by atoms with Gasteiger partial charge in [-0.05, 0) is 38.1 Å². The summed E-state index contributed by atoms with van der Waals surface area (Å²) < 4.78 is 10.8. The highest BCUT2D eigenvalue weighted by atomic mass is 16.5. The molecule has 0 heterocycles. The molecule has 0 unspecified atom stereocenters. The molecule has 0 fully saturated rings. The third-order valence-corrected chi connectivity index (χ3v) is 2.81. The first-order valence-electron chi connectivity index (χ1n) is 6.75. The average molecular weight is 270 g/mol. The van der Waals surface area contributed by atoms with Crippen LogP contribution in [0.25, 0.3) is 0 Å². The lowest BCUT2D eigenvalue weighted by Gasteiger charge is -2.07. The van der Waals surface area contributed by atoms with Gasteiger partial charge in [-0.1, -0.05) is 24.3 Å². The SMILES string of the molecule is CCOc1cccc(C(=O)c2cccc(OCC)c2)c1. The molecule has 0 spiro atoms. The molecule has 3 nitrogen and oxygen atoms in total. The van der Waals surface area contributed by atoms with E-state index in [4.69, 9.17) is 9.47 Å². The predicted molar refractivity (Wildman–Crippen MR) is 78.7 cm³/mol. The number of carbonyl (C=O) groups is 1. The van der Waals surface area contributed by atoms with Gasteiger partial charge in [0.15, 0.2) is 5.78 Å². The molecule has 0 saturated heterocycles. The van der Waals surface area contributed by atoms with Crippen LogP contribution < -0.4 is 9.47 Å². The normalized spacial score (nSPS) is 10.1. The summed E-state index contributed by atoms with van der Waals surface area (Å²) in [5.74, 6) is 1.38. The van der Waals surface area contributed by atoms with Gasteiger partial charge in [0.2, 0.25) is 0 Å². The Morgan fingerprint density at radius 1 is 0.850 bits per heavy atom. The number of carbonyl (C=O) groups excluding carboxylic acids is 1. The Kier molecular flexibility index (Phi) is 4.77. The number of ketones is 1. The van der Waals surface area contributed by atoms with E-state index in [1.54, 1.807) is 24.3 Å². The van der Waals surface area contributed by atoms with Gasteiger partial charge in [-0.15, -0.1) is 0 Å². The van der Waals surface area contributed by atoms with Gasteiger partial charge in [-0.25, -0.2) is 0 Å². The van der Waals surface area contributed by atoms with E-state index >= 15 is 0 Å². The Labute approximate surface area is 119 Å². The van der Waals surface area contributed by atoms with E-state index in [2.05, 4.69) is 0 Å². The molecule has 3 heteroatoms. The summed E-state index contributed by atoms with van der Waals surface area (Å²) in [6, 6.07) is 14.4. The first-order valence-corrected chi connectivity index (χ1v) is 6.75. The maximum atomic E-state index is 12.4. The van der Waals surface area contributed by atoms with Crippen molar-refractivity contribution in [3.05, 3.63) is 59.7 Å². The van der Waals surface area contributed by atoms with Crippen LogP contribution in [-0.2, 0) is 0 Å². The highest BCUT2D eigenvalue weighted by Crippen LogP contribution is 2.19. The molecule has 0 atom stereocenters. The lowest BCUT2D eigenvalue weighted by molar-refractivity contribution is 0.103. The second-order valence-corrected chi connectivity index (χ2v) is 4.25. The fourth-order valence-electron chi connectivity index (χ4n) is 1.95. The van der Waals surface area contributed by atoms with Gasteiger partial charge in [0.25, 0.3) is 0 Å². The number of rotatable bonds is 6. The topological polar surface area (TPSA) is 35.5 Å². The smallest absolute Gasteiger partial charge is 0.193 e. The molecule has 0 saturated carbocycles. The highest BCUT2D eigenvalue weighted by molar-refractivity contribution is 6.09. The van der Waals surface area contributed by atoms with E-state index in [0.717, 1.165) is 0 Å². The van der Waals surface area contributed by atoms with Crippen molar-refractivity contribution in [1.82, 2.24) is 0 Å². The summed E-state index contributed by atoms with van der Waals surface area (Å²) in [4.78, 5) is 12.4. The minimum atomic E-state index is -0.0342. The van der Waals surface area contributed by atoms with Crippen molar-refractivity contribution in [1.29, 1.82) is 0 Å². The van der Waals surface area contributed by atoms with Gasteiger partial charge in [0, 0.05) is 11.1 Å². The molecule has 0 aromatic heterocycles. The molecular weight excluding hydrogens is 252 g/mol. The minimum Gasteiger partial charge on any atom is -0.494 e. The van der Waals surface area contributed by atoms with Crippen LogP contribution in [0.2, 0.25) is 0 Å². The molecular formula is C17H18O3. The van der Waals surface area contributed by atoms with E-state index < -0.39 is 0 Å². The third-order valence-electron chi connectivity index (χ3n) is 2.81. The molecule has 0 aliphatic rings. The molecule has 20 heavy (non-hydrogen) atoms. The second kappa shape index (κ2) is 6.75. The molecule has 0 N–H and O–H groups in total. The fraction of sp³-hybridized carbons (Fsp3) is 0.235. The van der Waals surface area contributed by atoms with Crippen molar-refractivity contribution in [2.24, 2.45) is 0 Å². The van der Waals surface area contributed by atoms with Crippen molar-refractivity contribution in [3.8, 4) is 11.5 Å². The fourth-order valence-corrected chi connectivity index (χ4v) is 1.95. The van der Waals surface area contributed by atoms with Gasteiger partial charge in [0.05, 0.1) is 13.2 Å². The molecule has 2 aromatic carbocycles. The quantitative estimate of drug-likeness (QED) is 0.750. The zero-order valence-electron chi connectivity index (χ0n) is 11.8. The van der Waals surface area contributed by atoms with E-state index in [1.165, 1.54) is 0 Å². The highest BCUT2D eigenvalue weighted by Gasteiger charge is 2.10. The van der Waals surface area contributed by atoms with Crippen LogP contribution in [0.3, 0.4) is 0 Å². The molecule has 2 rings (SSSR count). The first kappa shape index (κ1) is 14.1. The van der Waals surface area contributed by atoms with E-state index in [1.807, 2.05) is 38.1 Å². The minimum absolute atomic E-state index is 0.0342. The van der Waals surface area contributed by atoms with E-state index in [0.29, 0.717) is 35.8 Å². The van der Waals surface area contributed by atoms with E-state index in [-0.39, 0.29) is 5.78 Å². The standard InChI is InChI=1S/C17H18O3/c1-3-19-15-9-5-7-13(11-15)17(18)14-8-6-10-16(12-14)20-4-2/h5-12H,3-4H2,1-2H3. The lowest BCUT2D eigenvalue weighted by atomic mass is 10.0. The molecule has 0 amide bonds. The van der Waals surface area contributed by atoms with Crippen molar-refractivity contribution < 1.29 is 14.3 Å². The summed E-state index contributed by atoms with van der Waals surface area (Å²) in [6.45, 7) is 5.00. The zero-order valence-corrected chi connectivity index (χ0v) is 11.8. The molecule has 0 aliphatic carbocycles. The van der Waals surface area contributed by atoms with Crippen LogP contribution in [0.5, 0.6) is 11.5 Å². The Morgan fingerprint density at radius 2 is 1.30 bits per heavy atom. The van der Waals surface area contributed by atoms with Gasteiger partial charge >= 0.3 is 0 Å². The molecule has 104 valence electrons.